The first-order chi connectivity index (χ1) is 4.80. The molecule has 0 spiro atoms. The maximum atomic E-state index is 10.4. The third-order valence-corrected chi connectivity index (χ3v) is 1.82. The molecule has 0 unspecified atom stereocenters. The van der Waals surface area contributed by atoms with Gasteiger partial charge in [-0.2, -0.15) is 0 Å². The molecule has 2 heteroatoms. The molecule has 0 aromatic rings. The van der Waals surface area contributed by atoms with Crippen molar-refractivity contribution in [3.63, 3.8) is 0 Å². The van der Waals surface area contributed by atoms with Gasteiger partial charge in [-0.1, -0.05) is 12.5 Å². The molecule has 0 saturated heterocycles. The Morgan fingerprint density at radius 2 is 2.20 bits per heavy atom. The van der Waals surface area contributed by atoms with E-state index in [1.54, 1.807) is 0 Å². The normalized spacial score (nSPS) is 19.4. The SMILES string of the molecule is O=[13C](O)C1=CCCCCC1. The van der Waals surface area contributed by atoms with Gasteiger partial charge in [0.05, 0.1) is 0 Å². The van der Waals surface area contributed by atoms with Gasteiger partial charge in [-0.15, -0.1) is 0 Å². The highest BCUT2D eigenvalue weighted by molar-refractivity contribution is 5.86. The molecule has 1 rings (SSSR count). The zero-order valence-corrected chi connectivity index (χ0v) is 5.97. The maximum Gasteiger partial charge on any atom is 0.331 e. The smallest absolute Gasteiger partial charge is 0.331 e. The molecule has 0 aromatic carbocycles. The van der Waals surface area contributed by atoms with Crippen LogP contribution in [0.3, 0.4) is 0 Å². The Bertz CT molecular complexity index is 159. The molecule has 0 atom stereocenters. The van der Waals surface area contributed by atoms with Gasteiger partial charge >= 0.3 is 5.97 Å². The molecular weight excluding hydrogens is 129 g/mol. The van der Waals surface area contributed by atoms with Crippen molar-refractivity contribution in [1.29, 1.82) is 0 Å². The minimum atomic E-state index is -0.734. The van der Waals surface area contributed by atoms with Crippen molar-refractivity contribution in [2.24, 2.45) is 0 Å². The highest BCUT2D eigenvalue weighted by Gasteiger charge is 2.08. The average molecular weight is 141 g/mol. The quantitative estimate of drug-likeness (QED) is 0.567. The number of hydrogen-bond donors (Lipinski definition) is 1. The minimum absolute atomic E-state index is 0.609. The molecule has 0 fully saturated rings. The van der Waals surface area contributed by atoms with Gasteiger partial charge in [0.1, 0.15) is 0 Å². The molecular formula is C8H12O2. The Morgan fingerprint density at radius 1 is 1.40 bits per heavy atom. The summed E-state index contributed by atoms with van der Waals surface area (Å²) >= 11 is 0. The number of hydrogen-bond acceptors (Lipinski definition) is 1. The standard InChI is InChI=1S/C8H12O2/c9-8(10)7-5-3-1-2-4-6-7/h5H,1-4,6H2,(H,9,10)/i8+1. The maximum absolute atomic E-state index is 10.4. The number of carboxylic acid groups (broad SMARTS) is 1. The summed E-state index contributed by atoms with van der Waals surface area (Å²) in [7, 11) is 0. The summed E-state index contributed by atoms with van der Waals surface area (Å²) in [4.78, 5) is 10.4. The highest BCUT2D eigenvalue weighted by Crippen LogP contribution is 2.16. The van der Waals surface area contributed by atoms with Crippen molar-refractivity contribution >= 4 is 5.97 Å². The van der Waals surface area contributed by atoms with Gasteiger partial charge in [-0.3, -0.25) is 0 Å². The van der Waals surface area contributed by atoms with Crippen molar-refractivity contribution in [2.75, 3.05) is 0 Å². The van der Waals surface area contributed by atoms with Crippen LogP contribution in [0.4, 0.5) is 0 Å². The van der Waals surface area contributed by atoms with E-state index in [1.807, 2.05) is 6.08 Å². The van der Waals surface area contributed by atoms with E-state index in [9.17, 15) is 4.79 Å². The molecule has 1 aliphatic carbocycles. The molecule has 0 saturated carbocycles. The van der Waals surface area contributed by atoms with Gasteiger partial charge in [-0.05, 0) is 25.7 Å². The van der Waals surface area contributed by atoms with Crippen molar-refractivity contribution in [2.45, 2.75) is 32.1 Å². The Kier molecular flexibility index (Phi) is 2.49. The summed E-state index contributed by atoms with van der Waals surface area (Å²) in [5.41, 5.74) is 0.609. The topological polar surface area (TPSA) is 37.3 Å². The summed E-state index contributed by atoms with van der Waals surface area (Å²) in [5, 5.41) is 8.59. The zero-order chi connectivity index (χ0) is 7.40. The fourth-order valence-electron chi connectivity index (χ4n) is 1.21. The van der Waals surface area contributed by atoms with Crippen LogP contribution in [0.1, 0.15) is 32.1 Å². The molecule has 0 bridgehead atoms. The first-order valence-corrected chi connectivity index (χ1v) is 3.73. The molecule has 0 aliphatic heterocycles. The average Bonchev–Trinajstić information content (AvgIpc) is 2.12. The molecule has 1 aliphatic rings. The lowest BCUT2D eigenvalue weighted by Crippen LogP contribution is -1.98. The van der Waals surface area contributed by atoms with Gasteiger partial charge in [0.25, 0.3) is 0 Å². The number of carbonyl (C=O) groups is 1. The molecule has 0 amide bonds. The van der Waals surface area contributed by atoms with E-state index in [2.05, 4.69) is 0 Å². The summed E-state index contributed by atoms with van der Waals surface area (Å²) in [6, 6.07) is 0. The molecule has 0 heterocycles. The van der Waals surface area contributed by atoms with Crippen LogP contribution >= 0.6 is 0 Å². The second-order valence-corrected chi connectivity index (χ2v) is 2.63. The number of rotatable bonds is 1. The third-order valence-electron chi connectivity index (χ3n) is 1.82. The molecule has 0 radical (unpaired) electrons. The zero-order valence-electron chi connectivity index (χ0n) is 5.97. The van der Waals surface area contributed by atoms with Crippen LogP contribution in [0.2, 0.25) is 0 Å². The minimum Gasteiger partial charge on any atom is -0.478 e. The van der Waals surface area contributed by atoms with Crippen molar-refractivity contribution in [3.05, 3.63) is 11.6 Å². The Balaban J connectivity index is 2.54. The van der Waals surface area contributed by atoms with Crippen LogP contribution < -0.4 is 0 Å². The van der Waals surface area contributed by atoms with Crippen LogP contribution in [0.5, 0.6) is 0 Å². The molecule has 10 heavy (non-hydrogen) atoms. The highest BCUT2D eigenvalue weighted by atomic mass is 16.5. The van der Waals surface area contributed by atoms with Gasteiger partial charge in [0, 0.05) is 5.57 Å². The van der Waals surface area contributed by atoms with Crippen LogP contribution in [0.15, 0.2) is 11.6 Å². The Hall–Kier alpha value is -0.790. The second kappa shape index (κ2) is 3.40. The van der Waals surface area contributed by atoms with Gasteiger partial charge < -0.3 is 5.11 Å². The Labute approximate surface area is 60.6 Å². The van der Waals surface area contributed by atoms with Crippen molar-refractivity contribution in [1.82, 2.24) is 0 Å². The van der Waals surface area contributed by atoms with Crippen molar-refractivity contribution in [3.8, 4) is 0 Å². The molecule has 1 N–H and O–H groups in total. The van der Waals surface area contributed by atoms with Crippen LogP contribution in [-0.4, -0.2) is 11.1 Å². The van der Waals surface area contributed by atoms with E-state index in [1.165, 1.54) is 6.42 Å². The van der Waals surface area contributed by atoms with E-state index in [0.29, 0.717) is 5.57 Å². The van der Waals surface area contributed by atoms with E-state index in [0.717, 1.165) is 25.7 Å². The predicted molar refractivity (Wildman–Crippen MR) is 38.8 cm³/mol. The lowest BCUT2D eigenvalue weighted by atomic mass is 10.2. The van der Waals surface area contributed by atoms with Gasteiger partial charge in [0.15, 0.2) is 0 Å². The van der Waals surface area contributed by atoms with E-state index in [-0.39, 0.29) is 0 Å². The predicted octanol–water partition coefficient (Wildman–Crippen LogP) is 1.96. The lowest BCUT2D eigenvalue weighted by molar-refractivity contribution is -0.132. The second-order valence-electron chi connectivity index (χ2n) is 2.63. The summed E-state index contributed by atoms with van der Waals surface area (Å²) in [6.45, 7) is 0. The van der Waals surface area contributed by atoms with Crippen LogP contribution in [0, 0.1) is 0 Å². The lowest BCUT2D eigenvalue weighted by Gasteiger charge is -1.95. The molecule has 0 aromatic heterocycles. The molecule has 2 nitrogen and oxygen atoms in total. The van der Waals surface area contributed by atoms with E-state index in [4.69, 9.17) is 5.11 Å². The number of carboxylic acids is 1. The van der Waals surface area contributed by atoms with E-state index >= 15 is 0 Å². The largest absolute Gasteiger partial charge is 0.478 e. The fraction of sp³-hybridized carbons (Fsp3) is 0.625. The summed E-state index contributed by atoms with van der Waals surface area (Å²) in [6.07, 6.45) is 6.93. The fourth-order valence-corrected chi connectivity index (χ4v) is 1.21. The third kappa shape index (κ3) is 1.87. The van der Waals surface area contributed by atoms with E-state index < -0.39 is 5.97 Å². The number of aliphatic carboxylic acids is 1. The summed E-state index contributed by atoms with van der Waals surface area (Å²) < 4.78 is 0. The number of allylic oxidation sites excluding steroid dienone is 1. The van der Waals surface area contributed by atoms with Gasteiger partial charge in [-0.25, -0.2) is 4.79 Å². The van der Waals surface area contributed by atoms with Gasteiger partial charge in [0.2, 0.25) is 0 Å². The first kappa shape index (κ1) is 7.32. The molecule has 56 valence electrons. The van der Waals surface area contributed by atoms with Crippen molar-refractivity contribution < 1.29 is 9.90 Å². The van der Waals surface area contributed by atoms with Crippen LogP contribution in [0.25, 0.3) is 0 Å². The Morgan fingerprint density at radius 3 is 2.90 bits per heavy atom. The first-order valence-electron chi connectivity index (χ1n) is 3.73. The monoisotopic (exact) mass is 141 g/mol. The van der Waals surface area contributed by atoms with Crippen LogP contribution in [-0.2, 0) is 4.79 Å². The summed E-state index contributed by atoms with van der Waals surface area (Å²) in [5.74, 6) is -0.734.